The second-order valence-corrected chi connectivity index (χ2v) is 8.11. The number of piperidine rings is 1. The van der Waals surface area contributed by atoms with Gasteiger partial charge in [-0.15, -0.1) is 0 Å². The largest absolute Gasteiger partial charge is 0.314 e. The molecular formula is C18H34N2. The van der Waals surface area contributed by atoms with Crippen LogP contribution in [0.2, 0.25) is 0 Å². The van der Waals surface area contributed by atoms with Crippen LogP contribution in [0.15, 0.2) is 0 Å². The van der Waals surface area contributed by atoms with Gasteiger partial charge >= 0.3 is 0 Å². The van der Waals surface area contributed by atoms with Crippen molar-refractivity contribution in [3.63, 3.8) is 0 Å². The molecule has 3 fully saturated rings. The summed E-state index contributed by atoms with van der Waals surface area (Å²) >= 11 is 0. The van der Waals surface area contributed by atoms with Crippen LogP contribution < -0.4 is 5.32 Å². The molecule has 2 unspecified atom stereocenters. The Morgan fingerprint density at radius 3 is 2.55 bits per heavy atom. The third-order valence-electron chi connectivity index (χ3n) is 6.20. The smallest absolute Gasteiger partial charge is 0.0124 e. The van der Waals surface area contributed by atoms with E-state index < -0.39 is 0 Å². The van der Waals surface area contributed by atoms with Crippen molar-refractivity contribution in [2.75, 3.05) is 19.6 Å². The molecule has 1 aliphatic heterocycles. The number of likely N-dealkylation sites (tertiary alicyclic amines) is 1. The maximum absolute atomic E-state index is 3.75. The average Bonchev–Trinajstić information content (AvgIpc) is 3.06. The zero-order valence-electron chi connectivity index (χ0n) is 13.7. The fourth-order valence-electron chi connectivity index (χ4n) is 5.12. The van der Waals surface area contributed by atoms with Gasteiger partial charge in [0.1, 0.15) is 0 Å². The molecule has 2 heteroatoms. The van der Waals surface area contributed by atoms with Crippen LogP contribution in [-0.4, -0.2) is 36.6 Å². The van der Waals surface area contributed by atoms with Gasteiger partial charge in [0.05, 0.1) is 0 Å². The fourth-order valence-corrected chi connectivity index (χ4v) is 5.12. The summed E-state index contributed by atoms with van der Waals surface area (Å²) in [7, 11) is 0. The number of nitrogens with zero attached hydrogens (tertiary/aromatic N) is 1. The van der Waals surface area contributed by atoms with Gasteiger partial charge in [-0.25, -0.2) is 0 Å². The van der Waals surface area contributed by atoms with Gasteiger partial charge in [0.15, 0.2) is 0 Å². The van der Waals surface area contributed by atoms with Gasteiger partial charge < -0.3 is 5.32 Å². The van der Waals surface area contributed by atoms with E-state index in [-0.39, 0.29) is 0 Å². The van der Waals surface area contributed by atoms with Gasteiger partial charge in [0.25, 0.3) is 0 Å². The molecule has 116 valence electrons. The lowest BCUT2D eigenvalue weighted by Crippen LogP contribution is -2.50. The van der Waals surface area contributed by atoms with Crippen LogP contribution in [0.3, 0.4) is 0 Å². The summed E-state index contributed by atoms with van der Waals surface area (Å²) in [6.07, 6.45) is 13.3. The predicted octanol–water partition coefficient (Wildman–Crippen LogP) is 3.81. The predicted molar refractivity (Wildman–Crippen MR) is 86.0 cm³/mol. The summed E-state index contributed by atoms with van der Waals surface area (Å²) < 4.78 is 0. The Hall–Kier alpha value is -0.0800. The van der Waals surface area contributed by atoms with Crippen molar-refractivity contribution in [1.82, 2.24) is 10.2 Å². The quantitative estimate of drug-likeness (QED) is 0.822. The average molecular weight is 278 g/mol. The first-order valence-electron chi connectivity index (χ1n) is 9.16. The van der Waals surface area contributed by atoms with Crippen LogP contribution in [-0.2, 0) is 0 Å². The molecule has 1 N–H and O–H groups in total. The Kier molecular flexibility index (Phi) is 4.72. The summed E-state index contributed by atoms with van der Waals surface area (Å²) in [6.45, 7) is 8.59. The van der Waals surface area contributed by atoms with E-state index in [9.17, 15) is 0 Å². The minimum absolute atomic E-state index is 0.592. The maximum Gasteiger partial charge on any atom is 0.0124 e. The molecule has 1 heterocycles. The summed E-state index contributed by atoms with van der Waals surface area (Å²) in [5, 5.41) is 3.75. The summed E-state index contributed by atoms with van der Waals surface area (Å²) in [5.74, 6) is 1.04. The molecule has 0 aromatic rings. The first-order valence-corrected chi connectivity index (χ1v) is 9.16. The van der Waals surface area contributed by atoms with Crippen LogP contribution in [0.1, 0.15) is 71.6 Å². The molecule has 3 aliphatic rings. The molecule has 2 aliphatic carbocycles. The Balaban J connectivity index is 1.63. The molecule has 0 aromatic heterocycles. The minimum Gasteiger partial charge on any atom is -0.314 e. The van der Waals surface area contributed by atoms with E-state index in [1.54, 1.807) is 0 Å². The van der Waals surface area contributed by atoms with Crippen molar-refractivity contribution >= 4 is 0 Å². The fraction of sp³-hybridized carbons (Fsp3) is 1.00. The highest BCUT2D eigenvalue weighted by Crippen LogP contribution is 2.43. The highest BCUT2D eigenvalue weighted by molar-refractivity contribution is 4.95. The number of nitrogens with one attached hydrogen (secondary N) is 1. The minimum atomic E-state index is 0.592. The van der Waals surface area contributed by atoms with Crippen LogP contribution >= 0.6 is 0 Å². The van der Waals surface area contributed by atoms with Crippen molar-refractivity contribution in [1.29, 1.82) is 0 Å². The molecule has 0 aromatic carbocycles. The van der Waals surface area contributed by atoms with E-state index in [0.29, 0.717) is 11.5 Å². The molecule has 0 amide bonds. The van der Waals surface area contributed by atoms with E-state index in [4.69, 9.17) is 0 Å². The number of hydrogen-bond acceptors (Lipinski definition) is 2. The molecule has 2 saturated carbocycles. The standard InChI is InChI=1S/C18H34N2/c1-15(2)19-13-18(10-3-4-11-18)14-20-12-6-8-16-7-5-9-17(16)20/h15-17,19H,3-14H2,1-2H3. The summed E-state index contributed by atoms with van der Waals surface area (Å²) in [4.78, 5) is 2.91. The van der Waals surface area contributed by atoms with Crippen LogP contribution in [0.5, 0.6) is 0 Å². The van der Waals surface area contributed by atoms with Crippen LogP contribution in [0.4, 0.5) is 0 Å². The SMILES string of the molecule is CC(C)NCC1(CN2CCCC3CCCC32)CCCC1. The molecular weight excluding hydrogens is 244 g/mol. The molecule has 0 radical (unpaired) electrons. The van der Waals surface area contributed by atoms with Crippen molar-refractivity contribution in [3.8, 4) is 0 Å². The normalized spacial score (nSPS) is 33.8. The summed E-state index contributed by atoms with van der Waals surface area (Å²) in [6, 6.07) is 1.58. The topological polar surface area (TPSA) is 15.3 Å². The van der Waals surface area contributed by atoms with E-state index in [1.807, 2.05) is 0 Å². The lowest BCUT2D eigenvalue weighted by Gasteiger charge is -2.43. The second-order valence-electron chi connectivity index (χ2n) is 8.11. The second kappa shape index (κ2) is 6.36. The third kappa shape index (κ3) is 3.22. The number of fused-ring (bicyclic) bond motifs is 1. The molecule has 0 spiro atoms. The molecule has 3 rings (SSSR count). The molecule has 20 heavy (non-hydrogen) atoms. The molecule has 2 nitrogen and oxygen atoms in total. The molecule has 0 bridgehead atoms. The van der Waals surface area contributed by atoms with E-state index in [1.165, 1.54) is 77.4 Å². The van der Waals surface area contributed by atoms with Crippen molar-refractivity contribution in [2.45, 2.75) is 83.7 Å². The number of rotatable bonds is 5. The van der Waals surface area contributed by atoms with Crippen LogP contribution in [0, 0.1) is 11.3 Å². The van der Waals surface area contributed by atoms with Crippen molar-refractivity contribution in [2.24, 2.45) is 11.3 Å². The van der Waals surface area contributed by atoms with Gasteiger partial charge in [0.2, 0.25) is 0 Å². The Morgan fingerprint density at radius 1 is 1.05 bits per heavy atom. The monoisotopic (exact) mass is 278 g/mol. The van der Waals surface area contributed by atoms with E-state index >= 15 is 0 Å². The zero-order valence-corrected chi connectivity index (χ0v) is 13.7. The van der Waals surface area contributed by atoms with Gasteiger partial charge in [-0.1, -0.05) is 33.1 Å². The van der Waals surface area contributed by atoms with E-state index in [2.05, 4.69) is 24.1 Å². The van der Waals surface area contributed by atoms with Crippen molar-refractivity contribution < 1.29 is 0 Å². The number of hydrogen-bond donors (Lipinski definition) is 1. The molecule has 1 saturated heterocycles. The van der Waals surface area contributed by atoms with Gasteiger partial charge in [-0.3, -0.25) is 4.90 Å². The highest BCUT2D eigenvalue weighted by Gasteiger charge is 2.41. The lowest BCUT2D eigenvalue weighted by molar-refractivity contribution is 0.0590. The first-order chi connectivity index (χ1) is 9.69. The lowest BCUT2D eigenvalue weighted by atomic mass is 9.82. The van der Waals surface area contributed by atoms with Gasteiger partial charge in [-0.05, 0) is 56.4 Å². The van der Waals surface area contributed by atoms with Crippen LogP contribution in [0.25, 0.3) is 0 Å². The Bertz CT molecular complexity index is 307. The Morgan fingerprint density at radius 2 is 1.80 bits per heavy atom. The van der Waals surface area contributed by atoms with Gasteiger partial charge in [-0.2, -0.15) is 0 Å². The highest BCUT2D eigenvalue weighted by atomic mass is 15.2. The maximum atomic E-state index is 3.75. The van der Waals surface area contributed by atoms with Crippen molar-refractivity contribution in [3.05, 3.63) is 0 Å². The summed E-state index contributed by atoms with van der Waals surface area (Å²) in [5.41, 5.74) is 0.592. The molecule has 2 atom stereocenters. The third-order valence-corrected chi connectivity index (χ3v) is 6.20. The van der Waals surface area contributed by atoms with Gasteiger partial charge in [0, 0.05) is 25.2 Å². The van der Waals surface area contributed by atoms with E-state index in [0.717, 1.165) is 12.0 Å². The zero-order chi connectivity index (χ0) is 14.0. The first kappa shape index (κ1) is 14.8. The Labute approximate surface area is 125 Å².